The predicted molar refractivity (Wildman–Crippen MR) is 76.4 cm³/mol. The number of hydrogen-bond acceptors (Lipinski definition) is 4. The maximum atomic E-state index is 11.9. The lowest BCUT2D eigenvalue weighted by Gasteiger charge is -2.22. The first kappa shape index (κ1) is 16.1. The zero-order valence-electron chi connectivity index (χ0n) is 11.6. The van der Waals surface area contributed by atoms with Crippen molar-refractivity contribution in [3.8, 4) is 0 Å². The second-order valence-corrected chi connectivity index (χ2v) is 5.44. The number of carbonyl (C=O) groups excluding carboxylic acids is 1. The number of aliphatic carboxylic acids is 1. The summed E-state index contributed by atoms with van der Waals surface area (Å²) in [5, 5.41) is 11.8. The number of amides is 2. The van der Waals surface area contributed by atoms with Crippen molar-refractivity contribution >= 4 is 23.8 Å². The maximum Gasteiger partial charge on any atom is 0.327 e. The molecule has 0 aliphatic carbocycles. The van der Waals surface area contributed by atoms with Gasteiger partial charge < -0.3 is 20.2 Å². The molecule has 1 unspecified atom stereocenters. The fourth-order valence-corrected chi connectivity index (χ4v) is 3.13. The van der Waals surface area contributed by atoms with Crippen molar-refractivity contribution in [3.63, 3.8) is 0 Å². The zero-order chi connectivity index (χ0) is 14.3. The number of carbonyl (C=O) groups is 2. The molecule has 0 bridgehead atoms. The van der Waals surface area contributed by atoms with Crippen molar-refractivity contribution in [2.75, 3.05) is 37.8 Å². The summed E-state index contributed by atoms with van der Waals surface area (Å²) < 4.78 is 0. The highest BCUT2D eigenvalue weighted by atomic mass is 32.2. The molecule has 1 fully saturated rings. The van der Waals surface area contributed by atoms with Gasteiger partial charge in [0.05, 0.1) is 5.88 Å². The summed E-state index contributed by atoms with van der Waals surface area (Å²) in [6.07, 6.45) is 0.881. The second-order valence-electron chi connectivity index (χ2n) is 4.44. The van der Waals surface area contributed by atoms with Crippen molar-refractivity contribution in [3.05, 3.63) is 0 Å². The molecule has 1 saturated heterocycles. The molecule has 1 atom stereocenters. The van der Waals surface area contributed by atoms with E-state index in [0.717, 1.165) is 26.1 Å². The van der Waals surface area contributed by atoms with Crippen LogP contribution in [-0.4, -0.2) is 70.8 Å². The molecular formula is C12H23N3O3S. The Labute approximate surface area is 118 Å². The Bertz CT molecular complexity index is 311. The van der Waals surface area contributed by atoms with Crippen molar-refractivity contribution in [1.29, 1.82) is 0 Å². The summed E-state index contributed by atoms with van der Waals surface area (Å²) >= 11 is 1.47. The quantitative estimate of drug-likeness (QED) is 0.681. The van der Waals surface area contributed by atoms with Gasteiger partial charge in [-0.15, -0.1) is 11.8 Å². The second kappa shape index (κ2) is 8.27. The molecule has 19 heavy (non-hydrogen) atoms. The Morgan fingerprint density at radius 1 is 1.42 bits per heavy atom. The molecule has 2 N–H and O–H groups in total. The number of thioether (sulfide) groups is 1. The van der Waals surface area contributed by atoms with E-state index in [1.807, 2.05) is 0 Å². The Kier molecular flexibility index (Phi) is 7.01. The number of rotatable bonds is 7. The molecule has 1 aliphatic heterocycles. The molecule has 2 amide bonds. The molecule has 0 saturated carbocycles. The van der Waals surface area contributed by atoms with Gasteiger partial charge in [-0.3, -0.25) is 0 Å². The lowest BCUT2D eigenvalue weighted by molar-refractivity contribution is -0.140. The summed E-state index contributed by atoms with van der Waals surface area (Å²) in [6, 6.07) is -0.954. The maximum absolute atomic E-state index is 11.9. The number of hydrogen-bond donors (Lipinski definition) is 2. The minimum absolute atomic E-state index is 0.267. The first-order chi connectivity index (χ1) is 9.10. The average molecular weight is 289 g/mol. The SMILES string of the molecule is CCN(CC)CCCNC(=O)N1CSCC1C(=O)O. The van der Waals surface area contributed by atoms with E-state index < -0.39 is 12.0 Å². The molecule has 1 heterocycles. The Morgan fingerprint density at radius 3 is 2.68 bits per heavy atom. The van der Waals surface area contributed by atoms with Crippen LogP contribution in [0.25, 0.3) is 0 Å². The van der Waals surface area contributed by atoms with Gasteiger partial charge in [-0.25, -0.2) is 9.59 Å². The van der Waals surface area contributed by atoms with Crippen molar-refractivity contribution < 1.29 is 14.7 Å². The van der Waals surface area contributed by atoms with E-state index in [1.54, 1.807) is 0 Å². The largest absolute Gasteiger partial charge is 0.480 e. The van der Waals surface area contributed by atoms with Crippen molar-refractivity contribution in [2.24, 2.45) is 0 Å². The van der Waals surface area contributed by atoms with Crippen LogP contribution in [0.2, 0.25) is 0 Å². The summed E-state index contributed by atoms with van der Waals surface area (Å²) in [5.74, 6) is 0.00408. The molecule has 1 rings (SSSR count). The smallest absolute Gasteiger partial charge is 0.327 e. The lowest BCUT2D eigenvalue weighted by atomic mass is 10.3. The van der Waals surface area contributed by atoms with Gasteiger partial charge in [0.1, 0.15) is 6.04 Å². The third-order valence-electron chi connectivity index (χ3n) is 3.25. The molecule has 1 aliphatic rings. The molecule has 0 radical (unpaired) electrons. The predicted octanol–water partition coefficient (Wildman–Crippen LogP) is 0.887. The number of nitrogens with zero attached hydrogens (tertiary/aromatic N) is 2. The molecule has 6 nitrogen and oxygen atoms in total. The van der Waals surface area contributed by atoms with Crippen LogP contribution in [0.15, 0.2) is 0 Å². The van der Waals surface area contributed by atoms with Gasteiger partial charge in [-0.05, 0) is 26.1 Å². The topological polar surface area (TPSA) is 72.9 Å². The van der Waals surface area contributed by atoms with Crippen LogP contribution < -0.4 is 5.32 Å². The van der Waals surface area contributed by atoms with E-state index in [-0.39, 0.29) is 6.03 Å². The van der Waals surface area contributed by atoms with E-state index in [9.17, 15) is 9.59 Å². The van der Waals surface area contributed by atoms with E-state index in [4.69, 9.17) is 5.11 Å². The minimum Gasteiger partial charge on any atom is -0.480 e. The number of nitrogens with one attached hydrogen (secondary N) is 1. The summed E-state index contributed by atoms with van der Waals surface area (Å²) in [6.45, 7) is 7.78. The van der Waals surface area contributed by atoms with Crippen molar-refractivity contribution in [1.82, 2.24) is 15.1 Å². The highest BCUT2D eigenvalue weighted by Gasteiger charge is 2.34. The number of carboxylic acid groups (broad SMARTS) is 1. The normalized spacial score (nSPS) is 18.9. The highest BCUT2D eigenvalue weighted by Crippen LogP contribution is 2.20. The van der Waals surface area contributed by atoms with Gasteiger partial charge in [0.25, 0.3) is 0 Å². The zero-order valence-corrected chi connectivity index (χ0v) is 12.4. The molecule has 110 valence electrons. The van der Waals surface area contributed by atoms with Gasteiger partial charge in [-0.2, -0.15) is 0 Å². The number of urea groups is 1. The van der Waals surface area contributed by atoms with E-state index in [0.29, 0.717) is 18.2 Å². The van der Waals surface area contributed by atoms with Gasteiger partial charge >= 0.3 is 12.0 Å². The monoisotopic (exact) mass is 289 g/mol. The van der Waals surface area contributed by atoms with Crippen LogP contribution in [0, 0.1) is 0 Å². The van der Waals surface area contributed by atoms with Gasteiger partial charge in [0.15, 0.2) is 0 Å². The van der Waals surface area contributed by atoms with Crippen LogP contribution in [-0.2, 0) is 4.79 Å². The number of carboxylic acids is 1. The summed E-state index contributed by atoms with van der Waals surface area (Å²) in [4.78, 5) is 26.5. The molecule has 0 spiro atoms. The molecular weight excluding hydrogens is 266 g/mol. The minimum atomic E-state index is -0.928. The van der Waals surface area contributed by atoms with Gasteiger partial charge in [0, 0.05) is 12.3 Å². The first-order valence-corrected chi connectivity index (χ1v) is 7.83. The standard InChI is InChI=1S/C12H23N3O3S/c1-3-14(4-2)7-5-6-13-12(18)15-9-19-8-10(15)11(16)17/h10H,3-9H2,1-2H3,(H,13,18)(H,16,17). The molecule has 0 aromatic carbocycles. The van der Waals surface area contributed by atoms with E-state index in [2.05, 4.69) is 24.1 Å². The van der Waals surface area contributed by atoms with Crippen LogP contribution in [0.4, 0.5) is 4.79 Å². The fourth-order valence-electron chi connectivity index (χ4n) is 1.99. The molecule has 0 aromatic heterocycles. The molecule has 0 aromatic rings. The Morgan fingerprint density at radius 2 is 2.11 bits per heavy atom. The van der Waals surface area contributed by atoms with Crippen LogP contribution in [0.3, 0.4) is 0 Å². The van der Waals surface area contributed by atoms with Crippen LogP contribution >= 0.6 is 11.8 Å². The van der Waals surface area contributed by atoms with E-state index >= 15 is 0 Å². The Hall–Kier alpha value is -0.950. The van der Waals surface area contributed by atoms with Crippen LogP contribution in [0.1, 0.15) is 20.3 Å². The average Bonchev–Trinajstić information content (AvgIpc) is 2.88. The van der Waals surface area contributed by atoms with Gasteiger partial charge in [-0.1, -0.05) is 13.8 Å². The highest BCUT2D eigenvalue weighted by molar-refractivity contribution is 7.99. The fraction of sp³-hybridized carbons (Fsp3) is 0.833. The molecule has 7 heteroatoms. The third kappa shape index (κ3) is 4.91. The van der Waals surface area contributed by atoms with Crippen molar-refractivity contribution in [2.45, 2.75) is 26.3 Å². The summed E-state index contributed by atoms with van der Waals surface area (Å²) in [7, 11) is 0. The van der Waals surface area contributed by atoms with Crippen LogP contribution in [0.5, 0.6) is 0 Å². The lowest BCUT2D eigenvalue weighted by Crippen LogP contribution is -2.47. The summed E-state index contributed by atoms with van der Waals surface area (Å²) in [5.41, 5.74) is 0. The third-order valence-corrected chi connectivity index (χ3v) is 4.26. The van der Waals surface area contributed by atoms with E-state index in [1.165, 1.54) is 16.7 Å². The van der Waals surface area contributed by atoms with Gasteiger partial charge in [0.2, 0.25) is 0 Å². The first-order valence-electron chi connectivity index (χ1n) is 6.67. The Balaban J connectivity index is 2.26.